The van der Waals surface area contributed by atoms with E-state index < -0.39 is 11.8 Å². The van der Waals surface area contributed by atoms with Crippen LogP contribution in [0.25, 0.3) is 6.08 Å². The van der Waals surface area contributed by atoms with Crippen LogP contribution in [0.15, 0.2) is 48.4 Å². The molecule has 1 fully saturated rings. The normalized spacial score (nSPS) is 20.3. The zero-order valence-corrected chi connectivity index (χ0v) is 15.5. The molecule has 1 saturated heterocycles. The third kappa shape index (κ3) is 5.05. The Morgan fingerprint density at radius 2 is 2.19 bits per heavy atom. The maximum Gasteiger partial charge on any atom is 0.364 e. The molecule has 1 aromatic heterocycles. The van der Waals surface area contributed by atoms with Crippen molar-refractivity contribution in [3.63, 3.8) is 0 Å². The molecule has 7 heteroatoms. The number of benzene rings is 1. The molecule has 27 heavy (non-hydrogen) atoms. The molecule has 1 aromatic carbocycles. The molecule has 0 amide bonds. The Morgan fingerprint density at radius 3 is 2.81 bits per heavy atom. The summed E-state index contributed by atoms with van der Waals surface area (Å²) < 4.78 is 13.3. The first-order valence-corrected chi connectivity index (χ1v) is 9.14. The number of nitrogens with zero attached hydrogens (tertiary/aromatic N) is 1. The second-order valence-corrected chi connectivity index (χ2v) is 7.15. The number of carbonyl (C=O) groups is 1. The van der Waals surface area contributed by atoms with Gasteiger partial charge in [0.25, 0.3) is 0 Å². The molecule has 1 aliphatic rings. The molecule has 0 radical (unpaired) electrons. The first-order valence-electron chi connectivity index (χ1n) is 8.76. The Balaban J connectivity index is 1.83. The average Bonchev–Trinajstić information content (AvgIpc) is 2.65. The van der Waals surface area contributed by atoms with E-state index >= 15 is 0 Å². The third-order valence-corrected chi connectivity index (χ3v) is 4.89. The van der Waals surface area contributed by atoms with Gasteiger partial charge in [0.05, 0.1) is 10.6 Å². The van der Waals surface area contributed by atoms with Gasteiger partial charge in [0.1, 0.15) is 5.82 Å². The number of aromatic nitrogens is 1. The van der Waals surface area contributed by atoms with Gasteiger partial charge < -0.3 is 15.7 Å². The van der Waals surface area contributed by atoms with Crippen molar-refractivity contribution in [2.45, 2.75) is 24.8 Å². The minimum absolute atomic E-state index is 0.236. The van der Waals surface area contributed by atoms with Crippen molar-refractivity contribution in [3.8, 4) is 0 Å². The minimum Gasteiger partial charge on any atom is -0.476 e. The zero-order chi connectivity index (χ0) is 19.3. The molecule has 2 heterocycles. The van der Waals surface area contributed by atoms with Crippen LogP contribution < -0.4 is 10.6 Å². The Labute approximate surface area is 162 Å². The summed E-state index contributed by atoms with van der Waals surface area (Å²) in [5.74, 6) is -2.38. The number of pyridine rings is 1. The zero-order valence-electron chi connectivity index (χ0n) is 14.7. The summed E-state index contributed by atoms with van der Waals surface area (Å²) in [5.41, 5.74) is 1.28. The van der Waals surface area contributed by atoms with Gasteiger partial charge >= 0.3 is 5.97 Å². The first kappa shape index (κ1) is 19.3. The number of anilines is 1. The van der Waals surface area contributed by atoms with Gasteiger partial charge in [-0.25, -0.2) is 9.78 Å². The number of carboxylic acid groups (broad SMARTS) is 1. The van der Waals surface area contributed by atoms with E-state index in [9.17, 15) is 9.18 Å². The Morgan fingerprint density at radius 1 is 1.41 bits per heavy atom. The Kier molecular flexibility index (Phi) is 6.08. The molecule has 0 aliphatic carbocycles. The lowest BCUT2D eigenvalue weighted by Crippen LogP contribution is -2.53. The van der Waals surface area contributed by atoms with Crippen LogP contribution in [0.1, 0.15) is 24.0 Å². The fourth-order valence-corrected chi connectivity index (χ4v) is 3.56. The number of carboxylic acids is 1. The van der Waals surface area contributed by atoms with Gasteiger partial charge in [-0.05, 0) is 49.1 Å². The van der Waals surface area contributed by atoms with Crippen LogP contribution in [0.2, 0.25) is 5.02 Å². The predicted octanol–water partition coefficient (Wildman–Crippen LogP) is 3.91. The minimum atomic E-state index is -1.62. The molecule has 3 rings (SSSR count). The molecule has 0 bridgehead atoms. The molecule has 2 aromatic rings. The Bertz CT molecular complexity index is 836. The van der Waals surface area contributed by atoms with Gasteiger partial charge in [-0.3, -0.25) is 0 Å². The maximum absolute atomic E-state index is 13.3. The summed E-state index contributed by atoms with van der Waals surface area (Å²) in [6.07, 6.45) is 5.11. The quantitative estimate of drug-likeness (QED) is 0.653. The average molecular weight is 390 g/mol. The molecule has 0 unspecified atom stereocenters. The van der Waals surface area contributed by atoms with E-state index in [0.717, 1.165) is 38.4 Å². The van der Waals surface area contributed by atoms with Crippen LogP contribution in [0.4, 0.5) is 10.2 Å². The largest absolute Gasteiger partial charge is 0.476 e. The molecule has 1 aliphatic heterocycles. The van der Waals surface area contributed by atoms with Crippen LogP contribution >= 0.6 is 11.6 Å². The first-order chi connectivity index (χ1) is 13.0. The van der Waals surface area contributed by atoms with Crippen molar-refractivity contribution in [2.24, 2.45) is 0 Å². The van der Waals surface area contributed by atoms with E-state index in [2.05, 4.69) is 27.8 Å². The van der Waals surface area contributed by atoms with E-state index in [0.29, 0.717) is 16.4 Å². The molecule has 0 saturated carbocycles. The number of hydrogen-bond donors (Lipinski definition) is 3. The van der Waals surface area contributed by atoms with E-state index in [1.807, 2.05) is 18.2 Å². The van der Waals surface area contributed by atoms with Crippen molar-refractivity contribution in [1.82, 2.24) is 10.3 Å². The lowest BCUT2D eigenvalue weighted by Gasteiger charge is -2.39. The molecule has 3 N–H and O–H groups in total. The van der Waals surface area contributed by atoms with Crippen molar-refractivity contribution in [1.29, 1.82) is 0 Å². The number of nitrogens with one attached hydrogen (secondary N) is 2. The van der Waals surface area contributed by atoms with Gasteiger partial charge in [-0.1, -0.05) is 41.9 Å². The highest BCUT2D eigenvalue weighted by atomic mass is 35.5. The predicted molar refractivity (Wildman–Crippen MR) is 105 cm³/mol. The molecular formula is C20H21ClFN3O2. The summed E-state index contributed by atoms with van der Waals surface area (Å²) in [4.78, 5) is 14.9. The van der Waals surface area contributed by atoms with Gasteiger partial charge in [0, 0.05) is 12.7 Å². The van der Waals surface area contributed by atoms with Crippen LogP contribution in [0.5, 0.6) is 0 Å². The van der Waals surface area contributed by atoms with Crippen LogP contribution in [-0.2, 0) is 11.2 Å². The van der Waals surface area contributed by atoms with E-state index in [1.54, 1.807) is 0 Å². The highest BCUT2D eigenvalue weighted by Gasteiger charge is 2.33. The van der Waals surface area contributed by atoms with Crippen LogP contribution in [-0.4, -0.2) is 34.7 Å². The van der Waals surface area contributed by atoms with Crippen molar-refractivity contribution < 1.29 is 14.3 Å². The summed E-state index contributed by atoms with van der Waals surface area (Å²) in [6, 6.07) is 11.7. The van der Waals surface area contributed by atoms with Gasteiger partial charge in [-0.15, -0.1) is 0 Å². The van der Waals surface area contributed by atoms with Crippen molar-refractivity contribution in [2.75, 3.05) is 18.4 Å². The molecule has 0 spiro atoms. The van der Waals surface area contributed by atoms with Gasteiger partial charge in [0.2, 0.25) is 5.83 Å². The Hall–Kier alpha value is -2.44. The standard InChI is InChI=1S/C20H21ClFN3O2/c21-16-9-15(10-17(22)19(26)27)12-24-18(16)25-20(7-4-8-23-13-20)11-14-5-2-1-3-6-14/h1-3,5-6,9-10,12,23H,4,7-8,11,13H2,(H,24,25)(H,26,27)/b17-10-/t20-/m1/s1. The van der Waals surface area contributed by atoms with E-state index in [1.165, 1.54) is 17.8 Å². The van der Waals surface area contributed by atoms with E-state index in [-0.39, 0.29) is 5.54 Å². The SMILES string of the molecule is O=C(O)/C(F)=C/c1cnc(N[C@@]2(Cc3ccccc3)CCCNC2)c(Cl)c1. The highest BCUT2D eigenvalue weighted by Crippen LogP contribution is 2.30. The van der Waals surface area contributed by atoms with Gasteiger partial charge in [0.15, 0.2) is 0 Å². The summed E-state index contributed by atoms with van der Waals surface area (Å²) in [6.45, 7) is 1.74. The summed E-state index contributed by atoms with van der Waals surface area (Å²) >= 11 is 6.33. The number of piperidine rings is 1. The second kappa shape index (κ2) is 8.50. The third-order valence-electron chi connectivity index (χ3n) is 4.60. The maximum atomic E-state index is 13.3. The molecule has 142 valence electrons. The smallest absolute Gasteiger partial charge is 0.364 e. The van der Waals surface area contributed by atoms with Gasteiger partial charge in [-0.2, -0.15) is 4.39 Å². The second-order valence-electron chi connectivity index (χ2n) is 6.74. The highest BCUT2D eigenvalue weighted by molar-refractivity contribution is 6.33. The van der Waals surface area contributed by atoms with Crippen LogP contribution in [0, 0.1) is 0 Å². The van der Waals surface area contributed by atoms with Crippen molar-refractivity contribution >= 4 is 29.5 Å². The lowest BCUT2D eigenvalue weighted by atomic mass is 9.84. The number of aliphatic carboxylic acids is 1. The molecular weight excluding hydrogens is 369 g/mol. The number of halogens is 2. The number of hydrogen-bond acceptors (Lipinski definition) is 4. The van der Waals surface area contributed by atoms with Crippen LogP contribution in [0.3, 0.4) is 0 Å². The monoisotopic (exact) mass is 389 g/mol. The summed E-state index contributed by atoms with van der Waals surface area (Å²) in [7, 11) is 0. The fourth-order valence-electron chi connectivity index (χ4n) is 3.34. The van der Waals surface area contributed by atoms with Crippen molar-refractivity contribution in [3.05, 3.63) is 64.6 Å². The molecule has 5 nitrogen and oxygen atoms in total. The fraction of sp³-hybridized carbons (Fsp3) is 0.300. The topological polar surface area (TPSA) is 74.2 Å². The molecule has 1 atom stereocenters. The lowest BCUT2D eigenvalue weighted by molar-refractivity contribution is -0.134. The number of rotatable bonds is 6. The summed E-state index contributed by atoms with van der Waals surface area (Å²) in [5, 5.41) is 15.9. The van der Waals surface area contributed by atoms with E-state index in [4.69, 9.17) is 16.7 Å².